The van der Waals surface area contributed by atoms with Gasteiger partial charge in [-0.15, -0.1) is 0 Å². The van der Waals surface area contributed by atoms with Gasteiger partial charge in [0.1, 0.15) is 5.78 Å². The highest BCUT2D eigenvalue weighted by atomic mass is 32.3. The van der Waals surface area contributed by atoms with Gasteiger partial charge in [0, 0.05) is 19.4 Å². The maximum atomic E-state index is 11.9. The highest BCUT2D eigenvalue weighted by molar-refractivity contribution is 7.80. The van der Waals surface area contributed by atoms with Crippen LogP contribution < -0.4 is 6.15 Å². The predicted octanol–water partition coefficient (Wildman–Crippen LogP) is 5.98. The number of carbonyl (C=O) groups excluding carboxylic acids is 1. The number of hydrogen-bond acceptors (Lipinski definition) is 6. The van der Waals surface area contributed by atoms with Gasteiger partial charge in [-0.25, -0.2) is 8.42 Å². The first-order valence-corrected chi connectivity index (χ1v) is 13.1. The Bertz CT molecular complexity index is 536. The molecule has 0 aliphatic carbocycles. The summed E-state index contributed by atoms with van der Waals surface area (Å²) >= 11 is 0. The lowest BCUT2D eigenvalue weighted by Crippen LogP contribution is -2.20. The lowest BCUT2D eigenvalue weighted by Gasteiger charge is -2.18. The minimum atomic E-state index is -4.81. The molecule has 0 amide bonds. The van der Waals surface area contributed by atoms with E-state index in [4.69, 9.17) is 5.11 Å². The standard InChI is InChI=1S/C23H44O6S.H3N/c1-2-3-4-5-6-7-8-9-10-11-12-13-14-15-16-17-22(25)18-19-23(20-21-24)29-30(26,27)28;/h9-10,23-24H,2-8,11-21H2,1H3,(H,26,27,28);1H3/b10-9-;. The van der Waals surface area contributed by atoms with E-state index in [-0.39, 0.29) is 37.8 Å². The highest BCUT2D eigenvalue weighted by Gasteiger charge is 2.14. The SMILES string of the molecule is CCCCCCCC/C=C\CCCCCCCC(=O)CCC(CCO)OS(=O)(=O)[O-].[NH4+]. The maximum Gasteiger partial charge on any atom is 0.217 e. The van der Waals surface area contributed by atoms with Gasteiger partial charge in [0.25, 0.3) is 0 Å². The Morgan fingerprint density at radius 2 is 1.39 bits per heavy atom. The Kier molecular flexibility index (Phi) is 23.4. The predicted molar refractivity (Wildman–Crippen MR) is 126 cm³/mol. The van der Waals surface area contributed by atoms with Gasteiger partial charge in [0.2, 0.25) is 10.4 Å². The van der Waals surface area contributed by atoms with Gasteiger partial charge in [-0.05, 0) is 44.9 Å². The number of aliphatic hydroxyl groups is 1. The molecule has 7 nitrogen and oxygen atoms in total. The van der Waals surface area contributed by atoms with Crippen molar-refractivity contribution in [2.45, 2.75) is 122 Å². The van der Waals surface area contributed by atoms with Crippen LogP contribution in [0, 0.1) is 0 Å². The molecule has 0 saturated carbocycles. The fraction of sp³-hybridized carbons (Fsp3) is 0.870. The zero-order valence-corrected chi connectivity index (χ0v) is 20.7. The summed E-state index contributed by atoms with van der Waals surface area (Å²) in [5.74, 6) is 0.0439. The van der Waals surface area contributed by atoms with Gasteiger partial charge in [-0.1, -0.05) is 70.4 Å². The van der Waals surface area contributed by atoms with E-state index in [0.717, 1.165) is 25.7 Å². The molecule has 5 N–H and O–H groups in total. The molecule has 186 valence electrons. The highest BCUT2D eigenvalue weighted by Crippen LogP contribution is 2.14. The minimum Gasteiger partial charge on any atom is -0.726 e. The summed E-state index contributed by atoms with van der Waals surface area (Å²) in [4.78, 5) is 11.9. The summed E-state index contributed by atoms with van der Waals surface area (Å²) in [6.07, 6.45) is 20.2. The van der Waals surface area contributed by atoms with E-state index >= 15 is 0 Å². The van der Waals surface area contributed by atoms with Crippen molar-refractivity contribution in [3.05, 3.63) is 12.2 Å². The second-order valence-electron chi connectivity index (χ2n) is 8.05. The molecule has 1 unspecified atom stereocenters. The number of unbranched alkanes of at least 4 members (excludes halogenated alkanes) is 11. The van der Waals surface area contributed by atoms with Crippen molar-refractivity contribution >= 4 is 16.2 Å². The van der Waals surface area contributed by atoms with E-state index in [1.165, 1.54) is 57.8 Å². The number of allylic oxidation sites excluding steroid dienone is 2. The number of rotatable bonds is 22. The van der Waals surface area contributed by atoms with Crippen molar-refractivity contribution in [1.82, 2.24) is 6.15 Å². The Morgan fingerprint density at radius 3 is 1.90 bits per heavy atom. The average molecular weight is 466 g/mol. The molecule has 0 aliphatic rings. The van der Waals surface area contributed by atoms with Crippen LogP contribution in [0.3, 0.4) is 0 Å². The normalized spacial score (nSPS) is 12.7. The molecule has 0 rings (SSSR count). The van der Waals surface area contributed by atoms with Gasteiger partial charge >= 0.3 is 0 Å². The molecule has 1 atom stereocenters. The molecule has 0 aliphatic heterocycles. The number of ketones is 1. The molecule has 31 heavy (non-hydrogen) atoms. The van der Waals surface area contributed by atoms with Crippen molar-refractivity contribution in [3.8, 4) is 0 Å². The van der Waals surface area contributed by atoms with Crippen LogP contribution in [0.1, 0.15) is 116 Å². The Balaban J connectivity index is 0. The third-order valence-electron chi connectivity index (χ3n) is 5.17. The molecule has 8 heteroatoms. The fourth-order valence-electron chi connectivity index (χ4n) is 3.39. The van der Waals surface area contributed by atoms with Crippen LogP contribution in [0.2, 0.25) is 0 Å². The molecule has 0 heterocycles. The Hall–Kier alpha value is -0.800. The molecule has 0 fully saturated rings. The summed E-state index contributed by atoms with van der Waals surface area (Å²) in [5.41, 5.74) is 0. The second-order valence-corrected chi connectivity index (χ2v) is 9.06. The van der Waals surface area contributed by atoms with Gasteiger partial charge in [-0.3, -0.25) is 8.98 Å². The summed E-state index contributed by atoms with van der Waals surface area (Å²) in [5, 5.41) is 8.88. The van der Waals surface area contributed by atoms with Crippen molar-refractivity contribution in [2.24, 2.45) is 0 Å². The number of Topliss-reactive ketones (excluding diaryl/α,β-unsaturated/α-hetero) is 1. The zero-order valence-electron chi connectivity index (χ0n) is 19.9. The van der Waals surface area contributed by atoms with Crippen LogP contribution in [0.4, 0.5) is 0 Å². The summed E-state index contributed by atoms with van der Waals surface area (Å²) in [6, 6.07) is 0. The van der Waals surface area contributed by atoms with Gasteiger partial charge in [0.05, 0.1) is 6.10 Å². The molecule has 0 aromatic carbocycles. The number of carbonyl (C=O) groups is 1. The molecule has 0 aromatic rings. The maximum absolute atomic E-state index is 11.9. The number of quaternary nitrogens is 1. The van der Waals surface area contributed by atoms with Crippen molar-refractivity contribution < 1.29 is 27.1 Å². The fourth-order valence-corrected chi connectivity index (χ4v) is 3.92. The van der Waals surface area contributed by atoms with E-state index in [0.29, 0.717) is 6.42 Å². The summed E-state index contributed by atoms with van der Waals surface area (Å²) in [6.45, 7) is 1.95. The van der Waals surface area contributed by atoms with E-state index in [2.05, 4.69) is 23.3 Å². The lowest BCUT2D eigenvalue weighted by molar-refractivity contribution is -0.119. The van der Waals surface area contributed by atoms with Crippen LogP contribution in [0.25, 0.3) is 0 Å². The van der Waals surface area contributed by atoms with Crippen LogP contribution in [0.15, 0.2) is 12.2 Å². The molecule has 0 aromatic heterocycles. The Labute approximate surface area is 190 Å². The smallest absolute Gasteiger partial charge is 0.217 e. The number of hydrogen-bond donors (Lipinski definition) is 2. The van der Waals surface area contributed by atoms with Crippen LogP contribution in [-0.2, 0) is 19.4 Å². The molecule has 0 bridgehead atoms. The summed E-state index contributed by atoms with van der Waals surface area (Å²) in [7, 11) is -4.81. The quantitative estimate of drug-likeness (QED) is 0.0872. The van der Waals surface area contributed by atoms with Crippen LogP contribution in [-0.4, -0.2) is 36.6 Å². The van der Waals surface area contributed by atoms with Crippen molar-refractivity contribution in [2.75, 3.05) is 6.61 Å². The molecule has 0 radical (unpaired) electrons. The average Bonchev–Trinajstić information content (AvgIpc) is 2.68. The number of aliphatic hydroxyl groups excluding tert-OH is 1. The van der Waals surface area contributed by atoms with Crippen molar-refractivity contribution in [1.29, 1.82) is 0 Å². The first-order chi connectivity index (χ1) is 14.4. The van der Waals surface area contributed by atoms with E-state index in [9.17, 15) is 17.8 Å². The van der Waals surface area contributed by atoms with E-state index in [1.54, 1.807) is 0 Å². The molecular formula is C23H47NO6S. The first kappa shape index (κ1) is 32.4. The topological polar surface area (TPSA) is 140 Å². The monoisotopic (exact) mass is 465 g/mol. The first-order valence-electron chi connectivity index (χ1n) is 11.8. The van der Waals surface area contributed by atoms with Crippen LogP contribution in [0.5, 0.6) is 0 Å². The molecule has 0 spiro atoms. The largest absolute Gasteiger partial charge is 0.726 e. The van der Waals surface area contributed by atoms with E-state index < -0.39 is 16.5 Å². The van der Waals surface area contributed by atoms with E-state index in [1.807, 2.05) is 0 Å². The molecular weight excluding hydrogens is 418 g/mol. The van der Waals surface area contributed by atoms with Crippen molar-refractivity contribution in [3.63, 3.8) is 0 Å². The second kappa shape index (κ2) is 22.4. The van der Waals surface area contributed by atoms with Crippen LogP contribution >= 0.6 is 0 Å². The third-order valence-corrected chi connectivity index (χ3v) is 5.68. The molecule has 0 saturated heterocycles. The van der Waals surface area contributed by atoms with Gasteiger partial charge < -0.3 is 15.8 Å². The minimum absolute atomic E-state index is 0. The van der Waals surface area contributed by atoms with Gasteiger partial charge in [-0.2, -0.15) is 0 Å². The third kappa shape index (κ3) is 25.3. The summed E-state index contributed by atoms with van der Waals surface area (Å²) < 4.78 is 36.3. The zero-order chi connectivity index (χ0) is 22.5. The van der Waals surface area contributed by atoms with Gasteiger partial charge in [0.15, 0.2) is 0 Å². The Morgan fingerprint density at radius 1 is 0.871 bits per heavy atom. The lowest BCUT2D eigenvalue weighted by atomic mass is 10.0.